The van der Waals surface area contributed by atoms with Gasteiger partial charge in [0, 0.05) is 6.04 Å². The van der Waals surface area contributed by atoms with Gasteiger partial charge in [0.1, 0.15) is 5.76 Å². The summed E-state index contributed by atoms with van der Waals surface area (Å²) in [6.45, 7) is 8.20. The lowest BCUT2D eigenvalue weighted by Crippen LogP contribution is -2.33. The molecule has 1 aromatic heterocycles. The fourth-order valence-electron chi connectivity index (χ4n) is 2.84. The molecular formula is C15H26N2O. The van der Waals surface area contributed by atoms with E-state index in [9.17, 15) is 0 Å². The Labute approximate surface area is 111 Å². The van der Waals surface area contributed by atoms with Crippen molar-refractivity contribution >= 4 is 0 Å². The Morgan fingerprint density at radius 2 is 2.33 bits per heavy atom. The van der Waals surface area contributed by atoms with Crippen LogP contribution in [-0.2, 0) is 0 Å². The van der Waals surface area contributed by atoms with E-state index < -0.39 is 0 Å². The predicted molar refractivity (Wildman–Crippen MR) is 74.6 cm³/mol. The Hall–Kier alpha value is -0.800. The molecule has 2 atom stereocenters. The van der Waals surface area contributed by atoms with Crippen LogP contribution in [0.1, 0.15) is 51.3 Å². The second-order valence-electron chi connectivity index (χ2n) is 5.37. The molecule has 0 saturated carbocycles. The molecule has 0 aromatic carbocycles. The molecular weight excluding hydrogens is 224 g/mol. The van der Waals surface area contributed by atoms with Gasteiger partial charge in [0.2, 0.25) is 0 Å². The Kier molecular flexibility index (Phi) is 5.26. The van der Waals surface area contributed by atoms with Gasteiger partial charge in [0.05, 0.1) is 12.3 Å². The van der Waals surface area contributed by atoms with Crippen LogP contribution in [0.5, 0.6) is 0 Å². The van der Waals surface area contributed by atoms with Crippen molar-refractivity contribution in [1.29, 1.82) is 0 Å². The number of likely N-dealkylation sites (tertiary alicyclic amines) is 1. The van der Waals surface area contributed by atoms with E-state index in [1.165, 1.54) is 45.3 Å². The lowest BCUT2D eigenvalue weighted by atomic mass is 10.1. The summed E-state index contributed by atoms with van der Waals surface area (Å²) in [7, 11) is 0. The summed E-state index contributed by atoms with van der Waals surface area (Å²) < 4.78 is 5.45. The molecule has 1 saturated heterocycles. The number of nitrogens with one attached hydrogen (secondary N) is 1. The summed E-state index contributed by atoms with van der Waals surface area (Å²) in [5, 5.41) is 3.70. The largest absolute Gasteiger partial charge is 0.468 e. The van der Waals surface area contributed by atoms with E-state index in [0.29, 0.717) is 12.1 Å². The number of rotatable bonds is 5. The first kappa shape index (κ1) is 13.6. The van der Waals surface area contributed by atoms with E-state index >= 15 is 0 Å². The Bertz CT molecular complexity index is 323. The fourth-order valence-corrected chi connectivity index (χ4v) is 2.84. The predicted octanol–water partition coefficient (Wildman–Crippen LogP) is 3.19. The van der Waals surface area contributed by atoms with E-state index in [1.807, 2.05) is 6.07 Å². The summed E-state index contributed by atoms with van der Waals surface area (Å²) in [6, 6.07) is 4.97. The number of nitrogens with zero attached hydrogens (tertiary/aromatic N) is 1. The van der Waals surface area contributed by atoms with Crippen LogP contribution >= 0.6 is 0 Å². The fraction of sp³-hybridized carbons (Fsp3) is 0.733. The van der Waals surface area contributed by atoms with Crippen LogP contribution in [0.25, 0.3) is 0 Å². The zero-order valence-corrected chi connectivity index (χ0v) is 11.7. The van der Waals surface area contributed by atoms with Gasteiger partial charge in [-0.3, -0.25) is 0 Å². The summed E-state index contributed by atoms with van der Waals surface area (Å²) in [6.07, 6.45) is 6.86. The molecule has 1 aliphatic heterocycles. The third kappa shape index (κ3) is 3.85. The first-order chi connectivity index (χ1) is 8.79. The first-order valence-electron chi connectivity index (χ1n) is 7.31. The minimum atomic E-state index is 0.322. The van der Waals surface area contributed by atoms with Crippen molar-refractivity contribution in [1.82, 2.24) is 10.2 Å². The van der Waals surface area contributed by atoms with Crippen molar-refractivity contribution in [3.8, 4) is 0 Å². The lowest BCUT2D eigenvalue weighted by Gasteiger charge is -2.21. The van der Waals surface area contributed by atoms with E-state index in [4.69, 9.17) is 4.42 Å². The smallest absolute Gasteiger partial charge is 0.120 e. The van der Waals surface area contributed by atoms with Gasteiger partial charge >= 0.3 is 0 Å². The van der Waals surface area contributed by atoms with Crippen molar-refractivity contribution < 1.29 is 4.42 Å². The van der Waals surface area contributed by atoms with Crippen molar-refractivity contribution in [2.24, 2.45) is 0 Å². The lowest BCUT2D eigenvalue weighted by molar-refractivity contribution is 0.280. The van der Waals surface area contributed by atoms with Crippen LogP contribution in [0, 0.1) is 0 Å². The molecule has 2 rings (SSSR count). The molecule has 18 heavy (non-hydrogen) atoms. The molecule has 102 valence electrons. The zero-order valence-electron chi connectivity index (χ0n) is 11.7. The maximum atomic E-state index is 5.45. The van der Waals surface area contributed by atoms with Gasteiger partial charge in [-0.05, 0) is 64.4 Å². The first-order valence-corrected chi connectivity index (χ1v) is 7.31. The minimum Gasteiger partial charge on any atom is -0.468 e. The summed E-state index contributed by atoms with van der Waals surface area (Å²) >= 11 is 0. The van der Waals surface area contributed by atoms with Crippen molar-refractivity contribution in [2.45, 2.75) is 51.6 Å². The highest BCUT2D eigenvalue weighted by Gasteiger charge is 2.19. The van der Waals surface area contributed by atoms with Gasteiger partial charge in [-0.15, -0.1) is 0 Å². The SMILES string of the molecule is CCCN1CCCC(N[C@H](C)c2ccco2)CC1. The van der Waals surface area contributed by atoms with Gasteiger partial charge in [0.15, 0.2) is 0 Å². The number of hydrogen-bond donors (Lipinski definition) is 1. The van der Waals surface area contributed by atoms with Crippen LogP contribution in [0.2, 0.25) is 0 Å². The Balaban J connectivity index is 1.79. The van der Waals surface area contributed by atoms with Gasteiger partial charge in [0.25, 0.3) is 0 Å². The molecule has 1 aliphatic rings. The third-order valence-corrected chi connectivity index (χ3v) is 3.82. The zero-order chi connectivity index (χ0) is 12.8. The molecule has 1 N–H and O–H groups in total. The summed E-state index contributed by atoms with van der Waals surface area (Å²) in [5.41, 5.74) is 0. The molecule has 1 unspecified atom stereocenters. The standard InChI is InChI=1S/C15H26N2O/c1-3-9-17-10-4-6-14(8-11-17)16-13(2)15-7-5-12-18-15/h5,7,12-14,16H,3-4,6,8-11H2,1-2H3/t13-,14?/m1/s1. The number of furan rings is 1. The minimum absolute atomic E-state index is 0.322. The third-order valence-electron chi connectivity index (χ3n) is 3.82. The molecule has 3 heteroatoms. The molecule has 1 fully saturated rings. The van der Waals surface area contributed by atoms with Crippen LogP contribution in [-0.4, -0.2) is 30.6 Å². The molecule has 0 radical (unpaired) electrons. The van der Waals surface area contributed by atoms with E-state index in [0.717, 1.165) is 5.76 Å². The van der Waals surface area contributed by atoms with Crippen LogP contribution in [0.15, 0.2) is 22.8 Å². The van der Waals surface area contributed by atoms with Crippen molar-refractivity contribution in [2.75, 3.05) is 19.6 Å². The monoisotopic (exact) mass is 250 g/mol. The van der Waals surface area contributed by atoms with E-state index in [1.54, 1.807) is 6.26 Å². The molecule has 2 heterocycles. The molecule has 1 aromatic rings. The van der Waals surface area contributed by atoms with Crippen LogP contribution < -0.4 is 5.32 Å². The van der Waals surface area contributed by atoms with Crippen LogP contribution in [0.4, 0.5) is 0 Å². The summed E-state index contributed by atoms with van der Waals surface area (Å²) in [5.74, 6) is 1.05. The molecule has 3 nitrogen and oxygen atoms in total. The van der Waals surface area contributed by atoms with E-state index in [-0.39, 0.29) is 0 Å². The highest BCUT2D eigenvalue weighted by Crippen LogP contribution is 2.18. The second-order valence-corrected chi connectivity index (χ2v) is 5.37. The van der Waals surface area contributed by atoms with Crippen molar-refractivity contribution in [3.05, 3.63) is 24.2 Å². The highest BCUT2D eigenvalue weighted by atomic mass is 16.3. The van der Waals surface area contributed by atoms with Gasteiger partial charge in [-0.2, -0.15) is 0 Å². The Morgan fingerprint density at radius 1 is 1.44 bits per heavy atom. The average molecular weight is 250 g/mol. The van der Waals surface area contributed by atoms with Crippen molar-refractivity contribution in [3.63, 3.8) is 0 Å². The normalized spacial score (nSPS) is 23.8. The maximum absolute atomic E-state index is 5.45. The van der Waals surface area contributed by atoms with E-state index in [2.05, 4.69) is 30.1 Å². The molecule has 0 amide bonds. The van der Waals surface area contributed by atoms with Gasteiger partial charge < -0.3 is 14.6 Å². The van der Waals surface area contributed by atoms with Gasteiger partial charge in [-0.1, -0.05) is 6.92 Å². The molecule has 0 spiro atoms. The second kappa shape index (κ2) is 6.95. The topological polar surface area (TPSA) is 28.4 Å². The highest BCUT2D eigenvalue weighted by molar-refractivity contribution is 5.03. The van der Waals surface area contributed by atoms with Gasteiger partial charge in [-0.25, -0.2) is 0 Å². The molecule has 0 bridgehead atoms. The average Bonchev–Trinajstić information content (AvgIpc) is 2.81. The Morgan fingerprint density at radius 3 is 3.06 bits per heavy atom. The van der Waals surface area contributed by atoms with Crippen LogP contribution in [0.3, 0.4) is 0 Å². The quantitative estimate of drug-likeness (QED) is 0.870. The number of hydrogen-bond acceptors (Lipinski definition) is 3. The maximum Gasteiger partial charge on any atom is 0.120 e. The molecule has 0 aliphatic carbocycles. The summed E-state index contributed by atoms with van der Waals surface area (Å²) in [4.78, 5) is 2.60.